The number of carbonyl (C=O) groups excluding carboxylic acids is 2. The van der Waals surface area contributed by atoms with E-state index in [9.17, 15) is 9.59 Å². The number of hydrogen-bond acceptors (Lipinski definition) is 4. The predicted octanol–water partition coefficient (Wildman–Crippen LogP) is 1.95. The molecule has 2 fully saturated rings. The Morgan fingerprint density at radius 1 is 1.24 bits per heavy atom. The number of fused-ring (bicyclic) bond motifs is 1. The summed E-state index contributed by atoms with van der Waals surface area (Å²) in [4.78, 5) is 29.1. The number of nitrogens with zero attached hydrogens (tertiary/aromatic N) is 4. The average molecular weight is 348 g/mol. The van der Waals surface area contributed by atoms with Crippen LogP contribution in [0.15, 0.2) is 5.10 Å². The van der Waals surface area contributed by atoms with Crippen molar-refractivity contribution in [2.45, 2.75) is 58.9 Å². The highest BCUT2D eigenvalue weighted by atomic mass is 16.2. The molecule has 0 aromatic carbocycles. The van der Waals surface area contributed by atoms with Crippen LogP contribution in [0.1, 0.15) is 52.9 Å². The second kappa shape index (κ2) is 7.75. The lowest BCUT2D eigenvalue weighted by molar-refractivity contribution is -0.144. The summed E-state index contributed by atoms with van der Waals surface area (Å²) >= 11 is 0. The normalized spacial score (nSPS) is 27.0. The minimum atomic E-state index is 0.183. The van der Waals surface area contributed by atoms with Gasteiger partial charge in [-0.15, -0.1) is 0 Å². The maximum absolute atomic E-state index is 12.6. The van der Waals surface area contributed by atoms with Crippen molar-refractivity contribution in [1.82, 2.24) is 14.8 Å². The Bertz CT molecular complexity index is 546. The molecule has 0 saturated carbocycles. The summed E-state index contributed by atoms with van der Waals surface area (Å²) in [5, 5.41) is 6.31. The van der Waals surface area contributed by atoms with Crippen molar-refractivity contribution in [3.63, 3.8) is 0 Å². The third kappa shape index (κ3) is 4.33. The monoisotopic (exact) mass is 348 g/mol. The maximum Gasteiger partial charge on any atom is 0.243 e. The smallest absolute Gasteiger partial charge is 0.243 e. The van der Waals surface area contributed by atoms with Crippen molar-refractivity contribution in [2.75, 3.05) is 32.7 Å². The van der Waals surface area contributed by atoms with Crippen LogP contribution in [0.2, 0.25) is 0 Å². The molecule has 3 aliphatic rings. The van der Waals surface area contributed by atoms with Crippen molar-refractivity contribution in [1.29, 1.82) is 0 Å². The molecule has 6 heteroatoms. The van der Waals surface area contributed by atoms with Crippen molar-refractivity contribution in [2.24, 2.45) is 16.9 Å². The molecule has 2 saturated heterocycles. The summed E-state index contributed by atoms with van der Waals surface area (Å²) < 4.78 is 0. The van der Waals surface area contributed by atoms with Gasteiger partial charge in [-0.1, -0.05) is 13.8 Å². The molecule has 3 aliphatic heterocycles. The molecule has 0 aliphatic carbocycles. The Kier molecular flexibility index (Phi) is 5.64. The van der Waals surface area contributed by atoms with Crippen LogP contribution in [0.4, 0.5) is 0 Å². The first kappa shape index (κ1) is 18.2. The minimum Gasteiger partial charge on any atom is -0.341 e. The fourth-order valence-corrected chi connectivity index (χ4v) is 4.27. The number of rotatable bonds is 5. The van der Waals surface area contributed by atoms with Crippen LogP contribution in [-0.4, -0.2) is 71.1 Å². The van der Waals surface area contributed by atoms with Crippen molar-refractivity contribution in [3.05, 3.63) is 0 Å². The van der Waals surface area contributed by atoms with E-state index in [4.69, 9.17) is 0 Å². The van der Waals surface area contributed by atoms with E-state index in [1.54, 1.807) is 0 Å². The molecule has 0 spiro atoms. The molecule has 0 unspecified atom stereocenters. The first-order valence-corrected chi connectivity index (χ1v) is 9.80. The van der Waals surface area contributed by atoms with Gasteiger partial charge in [0.25, 0.3) is 0 Å². The van der Waals surface area contributed by atoms with Crippen LogP contribution in [0.25, 0.3) is 0 Å². The Morgan fingerprint density at radius 2 is 2.04 bits per heavy atom. The number of hydrogen-bond donors (Lipinski definition) is 0. The van der Waals surface area contributed by atoms with Crippen molar-refractivity contribution < 1.29 is 9.59 Å². The molecule has 2 amide bonds. The highest BCUT2D eigenvalue weighted by molar-refractivity contribution is 5.84. The second-order valence-electron chi connectivity index (χ2n) is 8.24. The Balaban J connectivity index is 1.56. The highest BCUT2D eigenvalue weighted by Gasteiger charge is 2.40. The molecule has 0 aromatic rings. The fourth-order valence-electron chi connectivity index (χ4n) is 4.27. The summed E-state index contributed by atoms with van der Waals surface area (Å²) in [5.41, 5.74) is 1.11. The molecule has 0 radical (unpaired) electrons. The maximum atomic E-state index is 12.6. The number of amides is 2. The summed E-state index contributed by atoms with van der Waals surface area (Å²) in [6.45, 7) is 10.1. The summed E-state index contributed by atoms with van der Waals surface area (Å²) in [6.07, 6.45) is 4.50. The summed E-state index contributed by atoms with van der Waals surface area (Å²) in [7, 11) is 0. The van der Waals surface area contributed by atoms with Crippen LogP contribution >= 0.6 is 0 Å². The van der Waals surface area contributed by atoms with Gasteiger partial charge < -0.3 is 9.80 Å². The average Bonchev–Trinajstić information content (AvgIpc) is 2.98. The van der Waals surface area contributed by atoms with Gasteiger partial charge in [0.05, 0.1) is 0 Å². The number of likely N-dealkylation sites (tertiary alicyclic amines) is 2. The molecule has 0 aromatic heterocycles. The zero-order valence-corrected chi connectivity index (χ0v) is 15.9. The zero-order valence-electron chi connectivity index (χ0n) is 15.9. The number of hydrazone groups is 1. The summed E-state index contributed by atoms with van der Waals surface area (Å²) in [6, 6.07) is 0.330. The van der Waals surface area contributed by atoms with Crippen molar-refractivity contribution in [3.8, 4) is 0 Å². The molecular formula is C19H32N4O2. The Hall–Kier alpha value is -1.59. The highest BCUT2D eigenvalue weighted by Crippen LogP contribution is 2.31. The van der Waals surface area contributed by atoms with E-state index in [-0.39, 0.29) is 5.91 Å². The molecule has 140 valence electrons. The lowest BCUT2D eigenvalue weighted by Crippen LogP contribution is -2.57. The number of carbonyl (C=O) groups is 2. The molecular weight excluding hydrogens is 316 g/mol. The van der Waals surface area contributed by atoms with Crippen molar-refractivity contribution >= 4 is 17.5 Å². The zero-order chi connectivity index (χ0) is 18.0. The molecule has 3 heterocycles. The first-order valence-electron chi connectivity index (χ1n) is 9.80. The summed E-state index contributed by atoms with van der Waals surface area (Å²) in [5.74, 6) is 1.54. The predicted molar refractivity (Wildman–Crippen MR) is 98.2 cm³/mol. The van der Waals surface area contributed by atoms with Gasteiger partial charge >= 0.3 is 0 Å². The van der Waals surface area contributed by atoms with E-state index in [1.807, 2.05) is 16.8 Å². The van der Waals surface area contributed by atoms with Gasteiger partial charge in [-0.3, -0.25) is 14.6 Å². The van der Waals surface area contributed by atoms with E-state index >= 15 is 0 Å². The molecule has 0 N–H and O–H groups in total. The standard InChI is InChI=1S/C19H32N4O2/c1-14(2)6-11-23-17-8-9-21(12-16(17)4-5-18(23)24)19(25)13-22-10-7-15(3)20-22/h14,16-17H,4-13H2,1-3H3/t16-,17+/m0/s1. The first-order chi connectivity index (χ1) is 11.9. The van der Waals surface area contributed by atoms with Gasteiger partial charge in [-0.05, 0) is 38.0 Å². The van der Waals surface area contributed by atoms with E-state index in [1.165, 1.54) is 0 Å². The topological polar surface area (TPSA) is 56.2 Å². The van der Waals surface area contributed by atoms with Gasteiger partial charge in [-0.25, -0.2) is 0 Å². The van der Waals surface area contributed by atoms with Crippen LogP contribution in [0.3, 0.4) is 0 Å². The quantitative estimate of drug-likeness (QED) is 0.763. The molecule has 3 rings (SSSR count). The lowest BCUT2D eigenvalue weighted by Gasteiger charge is -2.47. The Morgan fingerprint density at radius 3 is 2.72 bits per heavy atom. The molecule has 25 heavy (non-hydrogen) atoms. The van der Waals surface area contributed by atoms with E-state index < -0.39 is 0 Å². The minimum absolute atomic E-state index is 0.183. The van der Waals surface area contributed by atoms with Gasteiger partial charge in [0.1, 0.15) is 6.54 Å². The lowest BCUT2D eigenvalue weighted by atomic mass is 9.83. The fraction of sp³-hybridized carbons (Fsp3) is 0.842. The van der Waals surface area contributed by atoms with Gasteiger partial charge in [0.2, 0.25) is 11.8 Å². The number of piperidine rings is 2. The van der Waals surface area contributed by atoms with Gasteiger partial charge in [-0.2, -0.15) is 5.10 Å². The van der Waals surface area contributed by atoms with Gasteiger partial charge in [0.15, 0.2) is 0 Å². The molecule has 2 atom stereocenters. The molecule has 6 nitrogen and oxygen atoms in total. The second-order valence-corrected chi connectivity index (χ2v) is 8.24. The largest absolute Gasteiger partial charge is 0.341 e. The van der Waals surface area contributed by atoms with Crippen LogP contribution in [0.5, 0.6) is 0 Å². The van der Waals surface area contributed by atoms with Crippen LogP contribution in [-0.2, 0) is 9.59 Å². The third-order valence-corrected chi connectivity index (χ3v) is 5.81. The van der Waals surface area contributed by atoms with Crippen LogP contribution < -0.4 is 0 Å². The third-order valence-electron chi connectivity index (χ3n) is 5.81. The van der Waals surface area contributed by atoms with Gasteiger partial charge in [0, 0.05) is 50.8 Å². The van der Waals surface area contributed by atoms with E-state index in [0.29, 0.717) is 36.8 Å². The van der Waals surface area contributed by atoms with E-state index in [2.05, 4.69) is 23.8 Å². The van der Waals surface area contributed by atoms with E-state index in [0.717, 1.165) is 57.6 Å². The molecule has 0 bridgehead atoms. The Labute approximate surface area is 151 Å². The SMILES string of the molecule is CC1=NN(CC(=O)N2CC[C@@H]3[C@@H](CCC(=O)N3CCC(C)C)C2)CC1. The van der Waals surface area contributed by atoms with Crippen LogP contribution in [0, 0.1) is 11.8 Å².